The van der Waals surface area contributed by atoms with Gasteiger partial charge in [-0.15, -0.1) is 0 Å². The molecular weight excluding hydrogens is 304 g/mol. The Bertz CT molecular complexity index is 709. The van der Waals surface area contributed by atoms with Gasteiger partial charge in [0.1, 0.15) is 11.9 Å². The predicted molar refractivity (Wildman–Crippen MR) is 77.4 cm³/mol. The van der Waals surface area contributed by atoms with E-state index in [1.54, 1.807) is 0 Å². The van der Waals surface area contributed by atoms with Gasteiger partial charge in [-0.3, -0.25) is 0 Å². The molecule has 2 heterocycles. The maximum Gasteiger partial charge on any atom is 0.179 e. The van der Waals surface area contributed by atoms with Gasteiger partial charge in [-0.2, -0.15) is 10.4 Å². The summed E-state index contributed by atoms with van der Waals surface area (Å²) in [6, 6.07) is 10.3. The van der Waals surface area contributed by atoms with E-state index < -0.39 is 0 Å². The number of hydrogen-bond acceptors (Lipinski definition) is 3. The van der Waals surface area contributed by atoms with Gasteiger partial charge in [0.15, 0.2) is 5.69 Å². The summed E-state index contributed by atoms with van der Waals surface area (Å²) in [5.41, 5.74) is 2.49. The van der Waals surface area contributed by atoms with Crippen molar-refractivity contribution in [3.05, 3.63) is 40.0 Å². The van der Waals surface area contributed by atoms with Crippen molar-refractivity contribution in [2.45, 2.75) is 19.4 Å². The number of anilines is 1. The van der Waals surface area contributed by atoms with Gasteiger partial charge in [0.2, 0.25) is 0 Å². The molecule has 0 atom stereocenters. The highest BCUT2D eigenvalue weighted by Crippen LogP contribution is 2.44. The number of halogens is 1. The van der Waals surface area contributed by atoms with Gasteiger partial charge in [-0.1, -0.05) is 18.2 Å². The van der Waals surface area contributed by atoms with Crippen LogP contribution in [0.1, 0.15) is 25.1 Å². The second-order valence-electron chi connectivity index (χ2n) is 5.14. The van der Waals surface area contributed by atoms with Gasteiger partial charge in [0, 0.05) is 12.6 Å². The Kier molecular flexibility index (Phi) is 2.48. The normalized spacial score (nSPS) is 15.6. The number of hydrogen-bond donors (Lipinski definition) is 0. The van der Waals surface area contributed by atoms with Crippen molar-refractivity contribution in [3.63, 3.8) is 0 Å². The third kappa shape index (κ3) is 1.47. The van der Waals surface area contributed by atoms with E-state index in [0.29, 0.717) is 5.69 Å². The van der Waals surface area contributed by atoms with E-state index in [0.717, 1.165) is 16.0 Å². The average molecular weight is 317 g/mol. The summed E-state index contributed by atoms with van der Waals surface area (Å²) in [6.45, 7) is 4.33. The number of aromatic nitrogens is 2. The molecule has 0 unspecified atom stereocenters. The summed E-state index contributed by atoms with van der Waals surface area (Å²) in [5.74, 6) is 0.917. The Morgan fingerprint density at radius 1 is 1.32 bits per heavy atom. The van der Waals surface area contributed by atoms with Crippen LogP contribution in [0.25, 0.3) is 5.69 Å². The molecule has 0 fully saturated rings. The van der Waals surface area contributed by atoms with E-state index in [4.69, 9.17) is 5.26 Å². The van der Waals surface area contributed by atoms with Crippen molar-refractivity contribution < 1.29 is 0 Å². The first-order valence-corrected chi connectivity index (χ1v) is 6.80. The van der Waals surface area contributed by atoms with Gasteiger partial charge >= 0.3 is 0 Å². The van der Waals surface area contributed by atoms with Gasteiger partial charge in [-0.25, -0.2) is 4.68 Å². The van der Waals surface area contributed by atoms with E-state index in [-0.39, 0.29) is 5.54 Å². The molecule has 0 amide bonds. The molecule has 19 heavy (non-hydrogen) atoms. The highest BCUT2D eigenvalue weighted by atomic mass is 79.9. The minimum absolute atomic E-state index is 0.151. The molecule has 3 rings (SSSR count). The van der Waals surface area contributed by atoms with Crippen LogP contribution in [0.5, 0.6) is 0 Å². The second-order valence-corrected chi connectivity index (χ2v) is 5.94. The molecule has 96 valence electrons. The van der Waals surface area contributed by atoms with Crippen LogP contribution in [-0.4, -0.2) is 16.8 Å². The molecule has 0 spiro atoms. The zero-order chi connectivity index (χ0) is 13.8. The molecule has 0 saturated carbocycles. The van der Waals surface area contributed by atoms with Gasteiger partial charge in [0.05, 0.1) is 15.7 Å². The predicted octanol–water partition coefficient (Wildman–Crippen LogP) is 3.19. The monoisotopic (exact) mass is 316 g/mol. The van der Waals surface area contributed by atoms with Crippen LogP contribution < -0.4 is 4.90 Å². The van der Waals surface area contributed by atoms with Crippen molar-refractivity contribution in [1.29, 1.82) is 5.26 Å². The average Bonchev–Trinajstić information content (AvgIpc) is 2.74. The maximum absolute atomic E-state index is 9.16. The number of rotatable bonds is 0. The van der Waals surface area contributed by atoms with E-state index in [9.17, 15) is 0 Å². The zero-order valence-electron chi connectivity index (χ0n) is 11.0. The molecule has 1 aliphatic rings. The Balaban J connectivity index is 2.41. The fourth-order valence-electron chi connectivity index (χ4n) is 2.54. The third-order valence-electron chi connectivity index (χ3n) is 3.86. The van der Waals surface area contributed by atoms with Crippen LogP contribution in [0.3, 0.4) is 0 Å². The highest BCUT2D eigenvalue weighted by molar-refractivity contribution is 9.10. The van der Waals surface area contributed by atoms with Crippen molar-refractivity contribution in [3.8, 4) is 11.8 Å². The largest absolute Gasteiger partial charge is 0.349 e. The molecule has 5 heteroatoms. The van der Waals surface area contributed by atoms with Crippen LogP contribution in [0.15, 0.2) is 28.7 Å². The summed E-state index contributed by atoms with van der Waals surface area (Å²) >= 11 is 3.49. The number of para-hydroxylation sites is 1. The Hall–Kier alpha value is -1.80. The van der Waals surface area contributed by atoms with E-state index in [2.05, 4.69) is 51.9 Å². The maximum atomic E-state index is 9.16. The minimum Gasteiger partial charge on any atom is -0.349 e. The van der Waals surface area contributed by atoms with E-state index >= 15 is 0 Å². The third-order valence-corrected chi connectivity index (χ3v) is 4.59. The van der Waals surface area contributed by atoms with E-state index in [1.165, 1.54) is 5.56 Å². The molecule has 0 N–H and O–H groups in total. The number of nitrogens with zero attached hydrogens (tertiary/aromatic N) is 4. The number of benzene rings is 1. The molecule has 0 radical (unpaired) electrons. The smallest absolute Gasteiger partial charge is 0.179 e. The molecule has 0 aliphatic carbocycles. The lowest BCUT2D eigenvalue weighted by atomic mass is 9.89. The summed E-state index contributed by atoms with van der Waals surface area (Å²) in [5, 5.41) is 13.6. The molecule has 1 aliphatic heterocycles. The van der Waals surface area contributed by atoms with Crippen LogP contribution in [0.4, 0.5) is 5.82 Å². The van der Waals surface area contributed by atoms with E-state index in [1.807, 2.05) is 29.9 Å². The summed E-state index contributed by atoms with van der Waals surface area (Å²) in [4.78, 5) is 2.15. The zero-order valence-corrected chi connectivity index (χ0v) is 12.6. The molecule has 2 aromatic rings. The van der Waals surface area contributed by atoms with Crippen molar-refractivity contribution in [2.75, 3.05) is 11.9 Å². The first-order chi connectivity index (χ1) is 8.98. The van der Waals surface area contributed by atoms with Crippen LogP contribution in [0.2, 0.25) is 0 Å². The summed E-state index contributed by atoms with van der Waals surface area (Å²) < 4.78 is 2.59. The summed E-state index contributed by atoms with van der Waals surface area (Å²) in [6.07, 6.45) is 0. The molecule has 4 nitrogen and oxygen atoms in total. The molecule has 1 aromatic carbocycles. The van der Waals surface area contributed by atoms with Crippen molar-refractivity contribution >= 4 is 21.7 Å². The Morgan fingerprint density at radius 3 is 2.68 bits per heavy atom. The SMILES string of the molecule is CN1c2c(Br)c(C#N)nn2-c2ccccc2C1(C)C. The van der Waals surface area contributed by atoms with Gasteiger partial charge in [0.25, 0.3) is 0 Å². The van der Waals surface area contributed by atoms with Crippen molar-refractivity contribution in [2.24, 2.45) is 0 Å². The fourth-order valence-corrected chi connectivity index (χ4v) is 3.14. The lowest BCUT2D eigenvalue weighted by molar-refractivity contribution is 0.483. The minimum atomic E-state index is -0.151. The molecule has 0 bridgehead atoms. The first-order valence-electron chi connectivity index (χ1n) is 6.01. The van der Waals surface area contributed by atoms with Crippen LogP contribution in [0, 0.1) is 11.3 Å². The second kappa shape index (κ2) is 3.84. The fraction of sp³-hybridized carbons (Fsp3) is 0.286. The number of fused-ring (bicyclic) bond motifs is 3. The standard InChI is InChI=1S/C14H13BrN4/c1-14(2)9-6-4-5-7-11(9)19-13(18(14)3)12(15)10(8-16)17-19/h4-7H,1-3H3. The number of nitriles is 1. The van der Waals surface area contributed by atoms with Gasteiger partial charge < -0.3 is 4.90 Å². The topological polar surface area (TPSA) is 44.9 Å². The van der Waals surface area contributed by atoms with Crippen LogP contribution in [-0.2, 0) is 5.54 Å². The lowest BCUT2D eigenvalue weighted by Gasteiger charge is -2.42. The quantitative estimate of drug-likeness (QED) is 0.749. The Morgan fingerprint density at radius 2 is 2.00 bits per heavy atom. The summed E-state index contributed by atoms with van der Waals surface area (Å²) in [7, 11) is 2.02. The highest BCUT2D eigenvalue weighted by Gasteiger charge is 2.38. The van der Waals surface area contributed by atoms with Crippen LogP contribution >= 0.6 is 15.9 Å². The first kappa shape index (κ1) is 12.2. The van der Waals surface area contributed by atoms with Gasteiger partial charge in [-0.05, 0) is 35.8 Å². The molecule has 0 saturated heterocycles. The van der Waals surface area contributed by atoms with Crippen molar-refractivity contribution in [1.82, 2.24) is 9.78 Å². The molecular formula is C14H13BrN4. The molecule has 1 aromatic heterocycles. The lowest BCUT2D eigenvalue weighted by Crippen LogP contribution is -2.43. The Labute approximate surface area is 120 Å².